The van der Waals surface area contributed by atoms with Crippen LogP contribution in [0.1, 0.15) is 11.7 Å². The monoisotopic (exact) mass is 224 g/mol. The van der Waals surface area contributed by atoms with Gasteiger partial charge in [0, 0.05) is 32.7 Å². The number of piperazine rings is 1. The quantitative estimate of drug-likeness (QED) is 0.702. The minimum atomic E-state index is -0.0345. The molecule has 1 saturated heterocycles. The molecule has 1 aromatic heterocycles. The number of hydrogen-bond donors (Lipinski definition) is 1. The number of aryl methyl sites for hydroxylation is 1. The summed E-state index contributed by atoms with van der Waals surface area (Å²) in [5.74, 6) is 0. The number of hydrogen-bond acceptors (Lipinski definition) is 5. The second kappa shape index (κ2) is 4.48. The standard InChI is InChI=1S/C10H20N6/c1-14-4-5-15(2)9(7-14)10(11)8-6-12-13-16(8)3/h6,9-10H,4-5,7,11H2,1-3H3. The maximum atomic E-state index is 6.30. The summed E-state index contributed by atoms with van der Waals surface area (Å²) in [6, 6.07) is 0.295. The number of nitrogens with two attached hydrogens (primary N) is 1. The average molecular weight is 224 g/mol. The van der Waals surface area contributed by atoms with Crippen LogP contribution in [0.25, 0.3) is 0 Å². The second-order valence-corrected chi connectivity index (χ2v) is 4.62. The van der Waals surface area contributed by atoms with Crippen molar-refractivity contribution in [3.05, 3.63) is 11.9 Å². The van der Waals surface area contributed by atoms with Gasteiger partial charge >= 0.3 is 0 Å². The van der Waals surface area contributed by atoms with Crippen LogP contribution in [-0.4, -0.2) is 64.6 Å². The van der Waals surface area contributed by atoms with Crippen LogP contribution < -0.4 is 5.73 Å². The summed E-state index contributed by atoms with van der Waals surface area (Å²) >= 11 is 0. The van der Waals surface area contributed by atoms with Gasteiger partial charge in [-0.2, -0.15) is 0 Å². The van der Waals surface area contributed by atoms with Gasteiger partial charge in [0.1, 0.15) is 0 Å². The minimum absolute atomic E-state index is 0.0345. The highest BCUT2D eigenvalue weighted by Crippen LogP contribution is 2.19. The van der Waals surface area contributed by atoms with Crippen LogP contribution in [0.5, 0.6) is 0 Å². The Morgan fingerprint density at radius 1 is 1.38 bits per heavy atom. The lowest BCUT2D eigenvalue weighted by atomic mass is 10.0. The van der Waals surface area contributed by atoms with Gasteiger partial charge in [0.25, 0.3) is 0 Å². The lowest BCUT2D eigenvalue weighted by Gasteiger charge is -2.40. The molecule has 2 unspecified atom stereocenters. The molecule has 0 radical (unpaired) electrons. The molecule has 0 saturated carbocycles. The first-order valence-electron chi connectivity index (χ1n) is 5.58. The van der Waals surface area contributed by atoms with Crippen LogP contribution in [0, 0.1) is 0 Å². The first-order chi connectivity index (χ1) is 7.59. The lowest BCUT2D eigenvalue weighted by molar-refractivity contribution is 0.0956. The van der Waals surface area contributed by atoms with Crippen molar-refractivity contribution < 1.29 is 0 Å². The molecule has 90 valence electrons. The van der Waals surface area contributed by atoms with Crippen molar-refractivity contribution in [2.24, 2.45) is 12.8 Å². The van der Waals surface area contributed by atoms with E-state index in [2.05, 4.69) is 34.2 Å². The Morgan fingerprint density at radius 2 is 2.12 bits per heavy atom. The minimum Gasteiger partial charge on any atom is -0.321 e. The van der Waals surface area contributed by atoms with E-state index in [1.807, 2.05) is 7.05 Å². The summed E-state index contributed by atoms with van der Waals surface area (Å²) < 4.78 is 1.76. The molecule has 2 N–H and O–H groups in total. The molecule has 16 heavy (non-hydrogen) atoms. The number of rotatable bonds is 2. The van der Waals surface area contributed by atoms with Gasteiger partial charge in [-0.15, -0.1) is 5.10 Å². The molecule has 1 aliphatic rings. The maximum Gasteiger partial charge on any atom is 0.0767 e. The topological polar surface area (TPSA) is 63.2 Å². The summed E-state index contributed by atoms with van der Waals surface area (Å²) in [4.78, 5) is 4.63. The van der Waals surface area contributed by atoms with Gasteiger partial charge in [-0.3, -0.25) is 9.58 Å². The SMILES string of the molecule is CN1CCN(C)C(C(N)c2cnnn2C)C1. The highest BCUT2D eigenvalue weighted by molar-refractivity contribution is 5.06. The van der Waals surface area contributed by atoms with Crippen molar-refractivity contribution in [2.45, 2.75) is 12.1 Å². The van der Waals surface area contributed by atoms with Crippen molar-refractivity contribution in [1.82, 2.24) is 24.8 Å². The Morgan fingerprint density at radius 3 is 2.75 bits per heavy atom. The molecule has 2 rings (SSSR count). The fourth-order valence-corrected chi connectivity index (χ4v) is 2.23. The first-order valence-corrected chi connectivity index (χ1v) is 5.58. The maximum absolute atomic E-state index is 6.30. The highest BCUT2D eigenvalue weighted by Gasteiger charge is 2.30. The molecule has 2 atom stereocenters. The van der Waals surface area contributed by atoms with Gasteiger partial charge in [-0.25, -0.2) is 0 Å². The molecular formula is C10H20N6. The van der Waals surface area contributed by atoms with Crippen LogP contribution in [0.4, 0.5) is 0 Å². The van der Waals surface area contributed by atoms with E-state index in [1.165, 1.54) is 0 Å². The van der Waals surface area contributed by atoms with Crippen LogP contribution in [0.3, 0.4) is 0 Å². The summed E-state index contributed by atoms with van der Waals surface area (Å²) in [6.07, 6.45) is 1.76. The summed E-state index contributed by atoms with van der Waals surface area (Å²) in [7, 11) is 6.14. The number of nitrogens with zero attached hydrogens (tertiary/aromatic N) is 5. The summed E-state index contributed by atoms with van der Waals surface area (Å²) in [5.41, 5.74) is 7.29. The van der Waals surface area contributed by atoms with E-state index in [-0.39, 0.29) is 6.04 Å². The Balaban J connectivity index is 2.14. The largest absolute Gasteiger partial charge is 0.321 e. The molecule has 6 heteroatoms. The third-order valence-corrected chi connectivity index (χ3v) is 3.40. The van der Waals surface area contributed by atoms with E-state index in [0.717, 1.165) is 25.3 Å². The van der Waals surface area contributed by atoms with E-state index >= 15 is 0 Å². The fraction of sp³-hybridized carbons (Fsp3) is 0.800. The third kappa shape index (κ3) is 2.09. The molecule has 1 aromatic rings. The van der Waals surface area contributed by atoms with Gasteiger partial charge in [0.15, 0.2) is 0 Å². The van der Waals surface area contributed by atoms with E-state index in [0.29, 0.717) is 6.04 Å². The Bertz CT molecular complexity index is 349. The number of aromatic nitrogens is 3. The lowest BCUT2D eigenvalue weighted by Crippen LogP contribution is -2.54. The smallest absolute Gasteiger partial charge is 0.0767 e. The molecule has 1 aliphatic heterocycles. The highest BCUT2D eigenvalue weighted by atomic mass is 15.4. The molecule has 1 fully saturated rings. The Labute approximate surface area is 96.0 Å². The summed E-state index contributed by atoms with van der Waals surface area (Å²) in [5, 5.41) is 7.81. The van der Waals surface area contributed by atoms with Crippen molar-refractivity contribution in [2.75, 3.05) is 33.7 Å². The number of likely N-dealkylation sites (N-methyl/N-ethyl adjacent to an activating group) is 2. The van der Waals surface area contributed by atoms with Crippen LogP contribution in [0.15, 0.2) is 6.20 Å². The van der Waals surface area contributed by atoms with Gasteiger partial charge in [-0.05, 0) is 14.1 Å². The van der Waals surface area contributed by atoms with Crippen LogP contribution in [0.2, 0.25) is 0 Å². The molecule has 2 heterocycles. The Hall–Kier alpha value is -0.980. The Kier molecular flexibility index (Phi) is 3.22. The van der Waals surface area contributed by atoms with Crippen molar-refractivity contribution in [3.63, 3.8) is 0 Å². The molecule has 0 aliphatic carbocycles. The second-order valence-electron chi connectivity index (χ2n) is 4.62. The molecule has 0 aromatic carbocycles. The predicted molar refractivity (Wildman–Crippen MR) is 61.8 cm³/mol. The zero-order valence-electron chi connectivity index (χ0n) is 10.2. The zero-order valence-corrected chi connectivity index (χ0v) is 10.2. The van der Waals surface area contributed by atoms with E-state index < -0.39 is 0 Å². The zero-order chi connectivity index (χ0) is 11.7. The molecule has 0 bridgehead atoms. The molecule has 0 amide bonds. The van der Waals surface area contributed by atoms with E-state index in [4.69, 9.17) is 5.73 Å². The van der Waals surface area contributed by atoms with Crippen molar-refractivity contribution in [3.8, 4) is 0 Å². The van der Waals surface area contributed by atoms with E-state index in [9.17, 15) is 0 Å². The fourth-order valence-electron chi connectivity index (χ4n) is 2.23. The molecular weight excluding hydrogens is 204 g/mol. The predicted octanol–water partition coefficient (Wildman–Crippen LogP) is -0.939. The molecule has 0 spiro atoms. The van der Waals surface area contributed by atoms with Crippen LogP contribution >= 0.6 is 0 Å². The normalized spacial score (nSPS) is 25.9. The summed E-state index contributed by atoms with van der Waals surface area (Å²) in [6.45, 7) is 3.15. The van der Waals surface area contributed by atoms with Gasteiger partial charge in [0.05, 0.1) is 17.9 Å². The van der Waals surface area contributed by atoms with Crippen molar-refractivity contribution in [1.29, 1.82) is 0 Å². The first kappa shape index (κ1) is 11.5. The van der Waals surface area contributed by atoms with E-state index in [1.54, 1.807) is 10.9 Å². The average Bonchev–Trinajstić information content (AvgIpc) is 2.67. The third-order valence-electron chi connectivity index (χ3n) is 3.40. The van der Waals surface area contributed by atoms with Crippen LogP contribution in [-0.2, 0) is 7.05 Å². The van der Waals surface area contributed by atoms with Crippen molar-refractivity contribution >= 4 is 0 Å². The van der Waals surface area contributed by atoms with Gasteiger partial charge < -0.3 is 10.6 Å². The van der Waals surface area contributed by atoms with Gasteiger partial charge in [0.2, 0.25) is 0 Å². The molecule has 6 nitrogen and oxygen atoms in total. The van der Waals surface area contributed by atoms with Gasteiger partial charge in [-0.1, -0.05) is 5.21 Å².